The van der Waals surface area contributed by atoms with Crippen LogP contribution in [-0.4, -0.2) is 35.0 Å². The second-order valence-electron chi connectivity index (χ2n) is 8.25. The molecule has 0 bridgehead atoms. The highest BCUT2D eigenvalue weighted by molar-refractivity contribution is 6.04. The highest BCUT2D eigenvalue weighted by atomic mass is 16.5. The van der Waals surface area contributed by atoms with E-state index in [-0.39, 0.29) is 11.8 Å². The molecule has 0 amide bonds. The van der Waals surface area contributed by atoms with Gasteiger partial charge < -0.3 is 4.74 Å². The monoisotopic (exact) mass is 428 g/mol. The van der Waals surface area contributed by atoms with Crippen LogP contribution < -0.4 is 10.4 Å². The summed E-state index contributed by atoms with van der Waals surface area (Å²) >= 11 is 0. The number of hydrogen-bond acceptors (Lipinski definition) is 5. The number of hydrogen-bond donors (Lipinski definition) is 0. The van der Waals surface area contributed by atoms with Gasteiger partial charge in [-0.2, -0.15) is 5.10 Å². The molecule has 0 unspecified atom stereocenters. The molecule has 5 rings (SSSR count). The summed E-state index contributed by atoms with van der Waals surface area (Å²) in [6.07, 6.45) is 7.20. The Hall–Kier alpha value is -3.94. The lowest BCUT2D eigenvalue weighted by atomic mass is 10.0. The summed E-state index contributed by atoms with van der Waals surface area (Å²) in [7, 11) is 3.62. The molecule has 0 atom stereocenters. The molecule has 0 aliphatic heterocycles. The standard InChI is InChI=1S/C24H24N6O2/c1-14(2)32-18-8-17(10-25-11-18)16-6-7-20-19(9-16)23-21(12-26-20)29(5)24(31)30(23)22-13-28(4)27-15(22)3/h6-14H,1-5H3. The number of rotatable bonds is 4. The SMILES string of the molecule is Cc1nn(C)cc1-n1c(=O)n(C)c2cnc3ccc(-c4cncc(OC(C)C)c4)cc3c21. The number of nitrogens with zero attached hydrogens (tertiary/aromatic N) is 6. The van der Waals surface area contributed by atoms with Crippen LogP contribution in [0.15, 0.2) is 53.8 Å². The first kappa shape index (κ1) is 20.0. The van der Waals surface area contributed by atoms with Crippen LogP contribution >= 0.6 is 0 Å². The second-order valence-corrected chi connectivity index (χ2v) is 8.25. The molecule has 1 aromatic carbocycles. The fourth-order valence-corrected chi connectivity index (χ4v) is 4.12. The van der Waals surface area contributed by atoms with Crippen LogP contribution in [0.2, 0.25) is 0 Å². The van der Waals surface area contributed by atoms with Crippen molar-refractivity contribution < 1.29 is 4.74 Å². The van der Waals surface area contributed by atoms with Gasteiger partial charge in [-0.25, -0.2) is 4.79 Å². The average Bonchev–Trinajstić information content (AvgIpc) is 3.22. The van der Waals surface area contributed by atoms with Crippen LogP contribution in [0.5, 0.6) is 5.75 Å². The minimum absolute atomic E-state index is 0.0638. The van der Waals surface area contributed by atoms with E-state index in [1.54, 1.807) is 33.3 Å². The summed E-state index contributed by atoms with van der Waals surface area (Å²) in [4.78, 5) is 22.2. The second kappa shape index (κ2) is 7.33. The van der Waals surface area contributed by atoms with Crippen LogP contribution in [0.25, 0.3) is 38.8 Å². The molecule has 0 spiro atoms. The molecule has 0 N–H and O–H groups in total. The normalized spacial score (nSPS) is 11.7. The predicted octanol–water partition coefficient (Wildman–Crippen LogP) is 3.77. The van der Waals surface area contributed by atoms with Gasteiger partial charge >= 0.3 is 5.69 Å². The van der Waals surface area contributed by atoms with E-state index in [1.165, 1.54) is 0 Å². The molecule has 0 saturated carbocycles. The van der Waals surface area contributed by atoms with Gasteiger partial charge in [0.05, 0.1) is 46.4 Å². The number of aryl methyl sites for hydroxylation is 3. The van der Waals surface area contributed by atoms with Gasteiger partial charge in [-0.1, -0.05) is 6.07 Å². The quantitative estimate of drug-likeness (QED) is 0.435. The van der Waals surface area contributed by atoms with E-state index in [0.29, 0.717) is 0 Å². The van der Waals surface area contributed by atoms with Gasteiger partial charge in [-0.15, -0.1) is 0 Å². The number of benzene rings is 1. The summed E-state index contributed by atoms with van der Waals surface area (Å²) in [6, 6.07) is 8.02. The fraction of sp³-hybridized carbons (Fsp3) is 0.250. The zero-order valence-electron chi connectivity index (χ0n) is 18.7. The molecule has 4 aromatic heterocycles. The predicted molar refractivity (Wildman–Crippen MR) is 124 cm³/mol. The highest BCUT2D eigenvalue weighted by Crippen LogP contribution is 2.31. The molecule has 0 radical (unpaired) electrons. The Bertz CT molecular complexity index is 1540. The van der Waals surface area contributed by atoms with Crippen LogP contribution in [0.1, 0.15) is 19.5 Å². The van der Waals surface area contributed by atoms with E-state index in [9.17, 15) is 4.79 Å². The van der Waals surface area contributed by atoms with E-state index in [4.69, 9.17) is 4.74 Å². The lowest BCUT2D eigenvalue weighted by Crippen LogP contribution is -2.21. The summed E-state index contributed by atoms with van der Waals surface area (Å²) in [5.74, 6) is 0.719. The number of fused-ring (bicyclic) bond motifs is 3. The third kappa shape index (κ3) is 3.15. The molecular weight excluding hydrogens is 404 g/mol. The van der Waals surface area contributed by atoms with Gasteiger partial charge in [0.25, 0.3) is 0 Å². The summed E-state index contributed by atoms with van der Waals surface area (Å²) < 4.78 is 10.9. The third-order valence-corrected chi connectivity index (χ3v) is 5.53. The van der Waals surface area contributed by atoms with Crippen molar-refractivity contribution in [3.63, 3.8) is 0 Å². The average molecular weight is 428 g/mol. The first-order chi connectivity index (χ1) is 15.3. The Morgan fingerprint density at radius 2 is 1.84 bits per heavy atom. The molecular formula is C24H24N6O2. The van der Waals surface area contributed by atoms with Crippen molar-refractivity contribution in [3.05, 3.63) is 65.2 Å². The molecule has 162 valence electrons. The summed E-state index contributed by atoms with van der Waals surface area (Å²) in [5, 5.41) is 5.32. The lowest BCUT2D eigenvalue weighted by Gasteiger charge is -2.11. The van der Waals surface area contributed by atoms with Crippen LogP contribution in [0.3, 0.4) is 0 Å². The van der Waals surface area contributed by atoms with Gasteiger partial charge in [0, 0.05) is 37.4 Å². The zero-order chi connectivity index (χ0) is 22.6. The first-order valence-electron chi connectivity index (χ1n) is 10.5. The molecule has 5 aromatic rings. The Labute approximate surface area is 184 Å². The maximum Gasteiger partial charge on any atom is 0.333 e. The number of ether oxygens (including phenoxy) is 1. The molecule has 0 fully saturated rings. The molecule has 0 aliphatic carbocycles. The molecule has 8 heteroatoms. The van der Waals surface area contributed by atoms with E-state index >= 15 is 0 Å². The van der Waals surface area contributed by atoms with Crippen molar-refractivity contribution in [2.75, 3.05) is 0 Å². The molecule has 8 nitrogen and oxygen atoms in total. The molecule has 0 aliphatic rings. The van der Waals surface area contributed by atoms with Gasteiger partial charge in [0.1, 0.15) is 5.75 Å². The van der Waals surface area contributed by atoms with Crippen molar-refractivity contribution in [2.24, 2.45) is 14.1 Å². The minimum atomic E-state index is -0.134. The van der Waals surface area contributed by atoms with E-state index in [0.717, 1.165) is 50.2 Å². The Kier molecular flexibility index (Phi) is 4.58. The Morgan fingerprint density at radius 3 is 2.56 bits per heavy atom. The van der Waals surface area contributed by atoms with Crippen molar-refractivity contribution >= 4 is 21.9 Å². The van der Waals surface area contributed by atoms with Crippen molar-refractivity contribution in [1.29, 1.82) is 0 Å². The largest absolute Gasteiger partial charge is 0.489 e. The highest BCUT2D eigenvalue weighted by Gasteiger charge is 2.19. The van der Waals surface area contributed by atoms with Crippen LogP contribution in [-0.2, 0) is 14.1 Å². The van der Waals surface area contributed by atoms with E-state index in [2.05, 4.69) is 21.1 Å². The van der Waals surface area contributed by atoms with Gasteiger partial charge in [-0.05, 0) is 44.5 Å². The number of aromatic nitrogens is 6. The fourth-order valence-electron chi connectivity index (χ4n) is 4.12. The third-order valence-electron chi connectivity index (χ3n) is 5.53. The van der Waals surface area contributed by atoms with E-state index in [1.807, 2.05) is 58.4 Å². The van der Waals surface area contributed by atoms with Crippen molar-refractivity contribution in [2.45, 2.75) is 26.9 Å². The molecule has 4 heterocycles. The maximum atomic E-state index is 13.2. The zero-order valence-corrected chi connectivity index (χ0v) is 18.7. The van der Waals surface area contributed by atoms with Crippen LogP contribution in [0.4, 0.5) is 0 Å². The van der Waals surface area contributed by atoms with Gasteiger partial charge in [0.15, 0.2) is 0 Å². The summed E-state index contributed by atoms with van der Waals surface area (Å²) in [5.41, 5.74) is 5.69. The molecule has 0 saturated heterocycles. The van der Waals surface area contributed by atoms with Crippen molar-refractivity contribution in [1.82, 2.24) is 28.9 Å². The Balaban J connectivity index is 1.79. The smallest absolute Gasteiger partial charge is 0.333 e. The number of pyridine rings is 2. The minimum Gasteiger partial charge on any atom is -0.489 e. The summed E-state index contributed by atoms with van der Waals surface area (Å²) in [6.45, 7) is 5.88. The lowest BCUT2D eigenvalue weighted by molar-refractivity contribution is 0.241. The van der Waals surface area contributed by atoms with Gasteiger partial charge in [-0.3, -0.25) is 23.8 Å². The Morgan fingerprint density at radius 1 is 1.03 bits per heavy atom. The first-order valence-corrected chi connectivity index (χ1v) is 10.5. The van der Waals surface area contributed by atoms with Crippen LogP contribution in [0, 0.1) is 6.92 Å². The van der Waals surface area contributed by atoms with Gasteiger partial charge in [0.2, 0.25) is 0 Å². The number of imidazole rings is 1. The maximum absolute atomic E-state index is 13.2. The van der Waals surface area contributed by atoms with E-state index < -0.39 is 0 Å². The topological polar surface area (TPSA) is 79.8 Å². The molecule has 32 heavy (non-hydrogen) atoms. The van der Waals surface area contributed by atoms with Crippen molar-refractivity contribution in [3.8, 4) is 22.6 Å².